The van der Waals surface area contributed by atoms with Gasteiger partial charge in [0.1, 0.15) is 0 Å². The van der Waals surface area contributed by atoms with Crippen molar-refractivity contribution in [2.75, 3.05) is 6.54 Å². The van der Waals surface area contributed by atoms with Crippen LogP contribution in [0.5, 0.6) is 0 Å². The molecule has 0 radical (unpaired) electrons. The summed E-state index contributed by atoms with van der Waals surface area (Å²) >= 11 is 1.55. The number of thiazole rings is 1. The summed E-state index contributed by atoms with van der Waals surface area (Å²) in [6, 6.07) is 3.76. The van der Waals surface area contributed by atoms with Gasteiger partial charge in [0.2, 0.25) is 0 Å². The van der Waals surface area contributed by atoms with Crippen LogP contribution < -0.4 is 11.1 Å². The minimum atomic E-state index is 0.501. The molecule has 1 saturated carbocycles. The summed E-state index contributed by atoms with van der Waals surface area (Å²) in [7, 11) is 0. The number of rotatable bonds is 5. The third kappa shape index (κ3) is 3.19. The number of nitrogens with one attached hydrogen (secondary N) is 1. The van der Waals surface area contributed by atoms with Crippen LogP contribution in [0.2, 0.25) is 0 Å². The Morgan fingerprint density at radius 3 is 3.15 bits per heavy atom. The van der Waals surface area contributed by atoms with Crippen molar-refractivity contribution < 1.29 is 4.42 Å². The predicted octanol–water partition coefficient (Wildman–Crippen LogP) is 2.61. The number of nitrogens with two attached hydrogens (primary N) is 1. The first-order chi connectivity index (χ1) is 9.81. The van der Waals surface area contributed by atoms with Crippen LogP contribution in [0.4, 0.5) is 0 Å². The lowest BCUT2D eigenvalue weighted by atomic mass is 9.85. The van der Waals surface area contributed by atoms with E-state index in [1.165, 1.54) is 19.3 Å². The lowest BCUT2D eigenvalue weighted by Gasteiger charge is -2.25. The molecule has 5 nitrogen and oxygen atoms in total. The van der Waals surface area contributed by atoms with Gasteiger partial charge in [-0.3, -0.25) is 0 Å². The second kappa shape index (κ2) is 6.09. The van der Waals surface area contributed by atoms with Crippen LogP contribution in [0.15, 0.2) is 33.2 Å². The van der Waals surface area contributed by atoms with Gasteiger partial charge < -0.3 is 15.5 Å². The van der Waals surface area contributed by atoms with Crippen molar-refractivity contribution in [3.63, 3.8) is 0 Å². The van der Waals surface area contributed by atoms with Crippen LogP contribution in [-0.4, -0.2) is 17.5 Å². The Morgan fingerprint density at radius 1 is 1.55 bits per heavy atom. The molecule has 6 heteroatoms. The molecule has 2 aromatic heterocycles. The summed E-state index contributed by atoms with van der Waals surface area (Å²) in [4.78, 5) is 8.80. The maximum Gasteiger partial charge on any atom is 0.188 e. The van der Waals surface area contributed by atoms with Crippen molar-refractivity contribution >= 4 is 17.3 Å². The minimum Gasteiger partial charge on any atom is -0.462 e. The van der Waals surface area contributed by atoms with Gasteiger partial charge in [0, 0.05) is 11.9 Å². The fourth-order valence-corrected chi connectivity index (χ4v) is 2.84. The zero-order valence-electron chi connectivity index (χ0n) is 11.2. The van der Waals surface area contributed by atoms with E-state index in [0.29, 0.717) is 12.5 Å². The third-order valence-corrected chi connectivity index (χ3v) is 4.40. The third-order valence-electron chi connectivity index (χ3n) is 3.49. The Morgan fingerprint density at radius 2 is 2.45 bits per heavy atom. The molecular formula is C14H18N4OS. The molecule has 3 rings (SSSR count). The highest BCUT2D eigenvalue weighted by molar-refractivity contribution is 7.13. The molecule has 0 bridgehead atoms. The molecule has 0 saturated heterocycles. The molecule has 0 spiro atoms. The normalized spacial score (nSPS) is 16.1. The van der Waals surface area contributed by atoms with E-state index in [0.717, 1.165) is 28.9 Å². The largest absolute Gasteiger partial charge is 0.462 e. The Hall–Kier alpha value is -1.82. The summed E-state index contributed by atoms with van der Waals surface area (Å²) in [5.74, 6) is 2.07. The molecule has 0 aromatic carbocycles. The quantitative estimate of drug-likeness (QED) is 0.655. The molecule has 2 aromatic rings. The van der Waals surface area contributed by atoms with Crippen molar-refractivity contribution in [2.24, 2.45) is 16.6 Å². The fraction of sp³-hybridized carbons (Fsp3) is 0.429. The van der Waals surface area contributed by atoms with E-state index in [1.807, 2.05) is 17.5 Å². The van der Waals surface area contributed by atoms with Crippen LogP contribution in [0, 0.1) is 5.92 Å². The van der Waals surface area contributed by atoms with Crippen molar-refractivity contribution in [3.05, 3.63) is 29.5 Å². The average Bonchev–Trinajstić information content (AvgIpc) is 3.05. The van der Waals surface area contributed by atoms with Gasteiger partial charge >= 0.3 is 0 Å². The van der Waals surface area contributed by atoms with Crippen molar-refractivity contribution in [2.45, 2.75) is 25.8 Å². The highest BCUT2D eigenvalue weighted by Crippen LogP contribution is 2.25. The molecule has 1 aliphatic carbocycles. The minimum absolute atomic E-state index is 0.501. The molecule has 106 valence electrons. The van der Waals surface area contributed by atoms with E-state index in [-0.39, 0.29) is 0 Å². The molecule has 0 amide bonds. The summed E-state index contributed by atoms with van der Waals surface area (Å²) in [6.07, 6.45) is 5.60. The predicted molar refractivity (Wildman–Crippen MR) is 80.5 cm³/mol. The number of hydrogen-bond donors (Lipinski definition) is 2. The van der Waals surface area contributed by atoms with Crippen molar-refractivity contribution in [1.29, 1.82) is 0 Å². The molecular weight excluding hydrogens is 272 g/mol. The van der Waals surface area contributed by atoms with E-state index in [1.54, 1.807) is 17.6 Å². The topological polar surface area (TPSA) is 76.4 Å². The van der Waals surface area contributed by atoms with Crippen LogP contribution in [0.3, 0.4) is 0 Å². The molecule has 0 aliphatic heterocycles. The smallest absolute Gasteiger partial charge is 0.188 e. The molecule has 3 N–H and O–H groups in total. The van der Waals surface area contributed by atoms with Gasteiger partial charge in [-0.25, -0.2) is 9.98 Å². The molecule has 1 aliphatic rings. The van der Waals surface area contributed by atoms with Crippen LogP contribution in [0.25, 0.3) is 10.8 Å². The second-order valence-corrected chi connectivity index (χ2v) is 5.86. The highest BCUT2D eigenvalue weighted by Gasteiger charge is 2.16. The summed E-state index contributed by atoms with van der Waals surface area (Å²) in [6.45, 7) is 1.44. The monoisotopic (exact) mass is 290 g/mol. The van der Waals surface area contributed by atoms with Gasteiger partial charge in [-0.15, -0.1) is 11.3 Å². The zero-order chi connectivity index (χ0) is 13.8. The Balaban J connectivity index is 1.52. The Bertz CT molecular complexity index is 572. The SMILES string of the molecule is NC(=NCc1csc(-c2ccco2)n1)NCC1CCC1. The average molecular weight is 290 g/mol. The molecule has 20 heavy (non-hydrogen) atoms. The molecule has 0 unspecified atom stereocenters. The van der Waals surface area contributed by atoms with Gasteiger partial charge in [-0.05, 0) is 30.9 Å². The number of aliphatic imine (C=N–C) groups is 1. The Labute approximate surface area is 121 Å². The Kier molecular flexibility index (Phi) is 4.01. The van der Waals surface area contributed by atoms with E-state index in [9.17, 15) is 0 Å². The lowest BCUT2D eigenvalue weighted by molar-refractivity contribution is 0.315. The standard InChI is InChI=1S/C14H18N4OS/c15-14(16-7-10-3-1-4-10)17-8-11-9-20-13(18-11)12-5-2-6-19-12/h2,5-6,9-10H,1,3-4,7-8H2,(H3,15,16,17). The number of aromatic nitrogens is 1. The van der Waals surface area contributed by atoms with Crippen LogP contribution >= 0.6 is 11.3 Å². The first-order valence-electron chi connectivity index (χ1n) is 6.83. The molecule has 0 atom stereocenters. The number of hydrogen-bond acceptors (Lipinski definition) is 4. The lowest BCUT2D eigenvalue weighted by Crippen LogP contribution is -2.37. The van der Waals surface area contributed by atoms with E-state index in [4.69, 9.17) is 10.2 Å². The van der Waals surface area contributed by atoms with E-state index in [2.05, 4.69) is 15.3 Å². The van der Waals surface area contributed by atoms with Crippen LogP contribution in [-0.2, 0) is 6.54 Å². The summed E-state index contributed by atoms with van der Waals surface area (Å²) < 4.78 is 5.32. The fourth-order valence-electron chi connectivity index (χ4n) is 2.06. The number of guanidine groups is 1. The van der Waals surface area contributed by atoms with E-state index < -0.39 is 0 Å². The summed E-state index contributed by atoms with van der Waals surface area (Å²) in [5, 5.41) is 6.04. The van der Waals surface area contributed by atoms with Crippen molar-refractivity contribution in [1.82, 2.24) is 10.3 Å². The molecule has 1 fully saturated rings. The van der Waals surface area contributed by atoms with Gasteiger partial charge in [-0.2, -0.15) is 0 Å². The van der Waals surface area contributed by atoms with Gasteiger partial charge in [-0.1, -0.05) is 6.42 Å². The molecule has 2 heterocycles. The summed E-state index contributed by atoms with van der Waals surface area (Å²) in [5.41, 5.74) is 6.76. The van der Waals surface area contributed by atoms with Gasteiger partial charge in [0.05, 0.1) is 18.5 Å². The first-order valence-corrected chi connectivity index (χ1v) is 7.71. The number of nitrogens with zero attached hydrogens (tertiary/aromatic N) is 2. The zero-order valence-corrected chi connectivity index (χ0v) is 12.0. The van der Waals surface area contributed by atoms with Crippen LogP contribution in [0.1, 0.15) is 25.0 Å². The van der Waals surface area contributed by atoms with E-state index >= 15 is 0 Å². The highest BCUT2D eigenvalue weighted by atomic mass is 32.1. The number of furan rings is 1. The van der Waals surface area contributed by atoms with Crippen molar-refractivity contribution in [3.8, 4) is 10.8 Å². The second-order valence-electron chi connectivity index (χ2n) is 5.00. The maximum absolute atomic E-state index is 5.85. The first kappa shape index (κ1) is 13.2. The van der Waals surface area contributed by atoms with Gasteiger partial charge in [0.25, 0.3) is 0 Å². The maximum atomic E-state index is 5.85. The van der Waals surface area contributed by atoms with Gasteiger partial charge in [0.15, 0.2) is 16.7 Å².